The van der Waals surface area contributed by atoms with E-state index >= 15 is 0 Å². The van der Waals surface area contributed by atoms with E-state index in [0.29, 0.717) is 0 Å². The molecule has 2 rings (SSSR count). The summed E-state index contributed by atoms with van der Waals surface area (Å²) in [4.78, 5) is 24.5. The van der Waals surface area contributed by atoms with Crippen LogP contribution in [-0.4, -0.2) is 56.7 Å². The Morgan fingerprint density at radius 1 is 1.43 bits per heavy atom. The predicted molar refractivity (Wildman–Crippen MR) is 83.4 cm³/mol. The number of carboxylic acid groups (broad SMARTS) is 1. The van der Waals surface area contributed by atoms with E-state index in [1.807, 2.05) is 13.1 Å². The van der Waals surface area contributed by atoms with Gasteiger partial charge >= 0.3 is 12.2 Å². The molecule has 23 heavy (non-hydrogen) atoms. The maximum atomic E-state index is 12.0. The number of hydrogen-bond acceptors (Lipinski definition) is 4. The number of alkyl carbamates (subject to hydrolysis) is 1. The average Bonchev–Trinajstić information content (AvgIpc) is 3.02. The average molecular weight is 324 g/mol. The van der Waals surface area contributed by atoms with Crippen LogP contribution >= 0.6 is 0 Å². The fourth-order valence-corrected chi connectivity index (χ4v) is 2.55. The van der Waals surface area contributed by atoms with Crippen molar-refractivity contribution < 1.29 is 19.4 Å². The van der Waals surface area contributed by atoms with Gasteiger partial charge in [-0.15, -0.1) is 0 Å². The van der Waals surface area contributed by atoms with Crippen molar-refractivity contribution in [2.75, 3.05) is 13.1 Å². The highest BCUT2D eigenvalue weighted by Gasteiger charge is 2.38. The van der Waals surface area contributed by atoms with E-state index in [9.17, 15) is 14.7 Å². The summed E-state index contributed by atoms with van der Waals surface area (Å²) in [6, 6.07) is -0.635. The molecular formula is C15H24N4O4. The van der Waals surface area contributed by atoms with Crippen molar-refractivity contribution in [2.45, 2.75) is 51.8 Å². The Kier molecular flexibility index (Phi) is 4.82. The van der Waals surface area contributed by atoms with Crippen LogP contribution in [0.3, 0.4) is 0 Å². The number of likely N-dealkylation sites (tertiary alicyclic amines) is 1. The van der Waals surface area contributed by atoms with E-state index in [2.05, 4.69) is 10.4 Å². The summed E-state index contributed by atoms with van der Waals surface area (Å²) in [6.45, 7) is 7.85. The molecule has 2 heterocycles. The summed E-state index contributed by atoms with van der Waals surface area (Å²) in [7, 11) is 0. The van der Waals surface area contributed by atoms with Crippen LogP contribution in [0.1, 0.15) is 39.3 Å². The summed E-state index contributed by atoms with van der Waals surface area (Å²) in [6.07, 6.45) is 2.93. The predicted octanol–water partition coefficient (Wildman–Crippen LogP) is 1.87. The van der Waals surface area contributed by atoms with Gasteiger partial charge in [0.05, 0.1) is 18.3 Å². The molecule has 1 fully saturated rings. The zero-order valence-electron chi connectivity index (χ0n) is 13.9. The van der Waals surface area contributed by atoms with Crippen LogP contribution in [0.25, 0.3) is 0 Å². The molecule has 0 radical (unpaired) electrons. The smallest absolute Gasteiger partial charge is 0.408 e. The van der Waals surface area contributed by atoms with Gasteiger partial charge in [0.25, 0.3) is 0 Å². The van der Waals surface area contributed by atoms with Crippen LogP contribution < -0.4 is 5.32 Å². The zero-order valence-corrected chi connectivity index (χ0v) is 13.9. The quantitative estimate of drug-likeness (QED) is 0.885. The van der Waals surface area contributed by atoms with Crippen molar-refractivity contribution in [3.05, 3.63) is 18.0 Å². The van der Waals surface area contributed by atoms with Crippen LogP contribution in [0.4, 0.5) is 9.59 Å². The molecule has 1 saturated heterocycles. The lowest BCUT2D eigenvalue weighted by Gasteiger charge is -2.24. The number of nitrogens with one attached hydrogen (secondary N) is 1. The van der Waals surface area contributed by atoms with Crippen molar-refractivity contribution in [2.24, 2.45) is 0 Å². The monoisotopic (exact) mass is 324 g/mol. The molecule has 1 aliphatic heterocycles. The van der Waals surface area contributed by atoms with Gasteiger partial charge in [-0.1, -0.05) is 6.92 Å². The second-order valence-electron chi connectivity index (χ2n) is 6.69. The number of aryl methyl sites for hydroxylation is 1. The first-order chi connectivity index (χ1) is 10.7. The lowest BCUT2D eigenvalue weighted by molar-refractivity contribution is 0.0495. The summed E-state index contributed by atoms with van der Waals surface area (Å²) in [5.74, 6) is 0. The zero-order chi connectivity index (χ0) is 17.2. The second kappa shape index (κ2) is 6.47. The molecule has 2 atom stereocenters. The molecule has 0 spiro atoms. The fourth-order valence-electron chi connectivity index (χ4n) is 2.55. The number of carbonyl (C=O) groups excluding carboxylic acids is 1. The molecule has 1 aromatic rings. The van der Waals surface area contributed by atoms with Crippen molar-refractivity contribution in [1.29, 1.82) is 0 Å². The largest absolute Gasteiger partial charge is 0.465 e. The minimum atomic E-state index is -1.01. The van der Waals surface area contributed by atoms with Crippen LogP contribution in [0.2, 0.25) is 0 Å². The topological polar surface area (TPSA) is 96.7 Å². The summed E-state index contributed by atoms with van der Waals surface area (Å²) in [5.41, 5.74) is 0.459. The maximum Gasteiger partial charge on any atom is 0.408 e. The number of ether oxygens (including phenoxy) is 1. The minimum Gasteiger partial charge on any atom is -0.465 e. The summed E-state index contributed by atoms with van der Waals surface area (Å²) in [5, 5.41) is 16.3. The van der Waals surface area contributed by atoms with Gasteiger partial charge in [-0.25, -0.2) is 9.59 Å². The molecule has 0 bridgehead atoms. The lowest BCUT2D eigenvalue weighted by Crippen LogP contribution is -2.44. The molecular weight excluding hydrogens is 300 g/mol. The normalized spacial score (nSPS) is 21.3. The van der Waals surface area contributed by atoms with Crippen molar-refractivity contribution >= 4 is 12.2 Å². The summed E-state index contributed by atoms with van der Waals surface area (Å²) >= 11 is 0. The van der Waals surface area contributed by atoms with Crippen LogP contribution in [0.5, 0.6) is 0 Å². The van der Waals surface area contributed by atoms with E-state index in [1.54, 1.807) is 31.6 Å². The highest BCUT2D eigenvalue weighted by Crippen LogP contribution is 2.23. The molecule has 128 valence electrons. The highest BCUT2D eigenvalue weighted by atomic mass is 16.6. The molecule has 8 heteroatoms. The number of rotatable bonds is 3. The van der Waals surface area contributed by atoms with Gasteiger partial charge in [0.1, 0.15) is 5.60 Å². The molecule has 1 aromatic heterocycles. The van der Waals surface area contributed by atoms with E-state index < -0.39 is 17.8 Å². The molecule has 1 aliphatic rings. The SMILES string of the molecule is CCc1cnn([C@H]2CN(C(=O)O)C[C@@H]2NC(=O)OC(C)(C)C)c1. The molecule has 0 aromatic carbocycles. The van der Waals surface area contributed by atoms with Crippen molar-refractivity contribution in [3.8, 4) is 0 Å². The number of aromatic nitrogens is 2. The number of carbonyl (C=O) groups is 2. The highest BCUT2D eigenvalue weighted by molar-refractivity contribution is 5.69. The Morgan fingerprint density at radius 2 is 2.13 bits per heavy atom. The lowest BCUT2D eigenvalue weighted by atomic mass is 10.1. The minimum absolute atomic E-state index is 0.209. The first-order valence-corrected chi connectivity index (χ1v) is 7.70. The molecule has 0 saturated carbocycles. The molecule has 0 aliphatic carbocycles. The van der Waals surface area contributed by atoms with Crippen LogP contribution in [0, 0.1) is 0 Å². The molecule has 2 amide bonds. The molecule has 0 unspecified atom stereocenters. The van der Waals surface area contributed by atoms with Crippen LogP contribution in [-0.2, 0) is 11.2 Å². The number of nitrogens with zero attached hydrogens (tertiary/aromatic N) is 3. The first kappa shape index (κ1) is 17.1. The molecule has 2 N–H and O–H groups in total. The van der Waals surface area contributed by atoms with E-state index in [4.69, 9.17) is 4.74 Å². The van der Waals surface area contributed by atoms with Gasteiger partial charge in [-0.3, -0.25) is 4.68 Å². The van der Waals surface area contributed by atoms with Gasteiger partial charge < -0.3 is 20.1 Å². The Labute approximate surface area is 135 Å². The number of hydrogen-bond donors (Lipinski definition) is 2. The van der Waals surface area contributed by atoms with E-state index in [-0.39, 0.29) is 25.2 Å². The van der Waals surface area contributed by atoms with Gasteiger partial charge in [-0.2, -0.15) is 5.10 Å². The third-order valence-corrected chi connectivity index (χ3v) is 3.66. The van der Waals surface area contributed by atoms with Gasteiger partial charge in [0.2, 0.25) is 0 Å². The first-order valence-electron chi connectivity index (χ1n) is 7.70. The van der Waals surface area contributed by atoms with E-state index in [1.165, 1.54) is 4.90 Å². The van der Waals surface area contributed by atoms with Gasteiger partial charge in [0, 0.05) is 19.3 Å². The maximum absolute atomic E-state index is 12.0. The third-order valence-electron chi connectivity index (χ3n) is 3.66. The Bertz CT molecular complexity index is 578. The second-order valence-corrected chi connectivity index (χ2v) is 6.69. The third kappa shape index (κ3) is 4.37. The fraction of sp³-hybridized carbons (Fsp3) is 0.667. The Morgan fingerprint density at radius 3 is 2.65 bits per heavy atom. The van der Waals surface area contributed by atoms with Gasteiger partial charge in [0.15, 0.2) is 0 Å². The van der Waals surface area contributed by atoms with E-state index in [0.717, 1.165) is 12.0 Å². The standard InChI is InChI=1S/C15H24N4O4/c1-5-10-6-16-19(7-10)12-9-18(14(21)22)8-11(12)17-13(20)23-15(2,3)4/h6-7,11-12H,5,8-9H2,1-4H3,(H,17,20)(H,21,22)/t11-,12-/m0/s1. The molecule has 8 nitrogen and oxygen atoms in total. The van der Waals surface area contributed by atoms with Crippen LogP contribution in [0.15, 0.2) is 12.4 Å². The van der Waals surface area contributed by atoms with Gasteiger partial charge in [-0.05, 0) is 32.8 Å². The van der Waals surface area contributed by atoms with Crippen molar-refractivity contribution in [1.82, 2.24) is 20.0 Å². The Balaban J connectivity index is 2.13. The van der Waals surface area contributed by atoms with Crippen molar-refractivity contribution in [3.63, 3.8) is 0 Å². The summed E-state index contributed by atoms with van der Waals surface area (Å²) < 4.78 is 6.99. The number of amides is 2. The Hall–Kier alpha value is -2.25.